The number of hydrogen-bond donors (Lipinski definition) is 1. The molecule has 0 amide bonds. The summed E-state index contributed by atoms with van der Waals surface area (Å²) in [5.74, 6) is -0.559. The Morgan fingerprint density at radius 2 is 2.33 bits per heavy atom. The lowest BCUT2D eigenvalue weighted by Crippen LogP contribution is -2.33. The Morgan fingerprint density at radius 3 is 2.75 bits per heavy atom. The van der Waals surface area contributed by atoms with Crippen LogP contribution in [-0.4, -0.2) is 37.9 Å². The van der Waals surface area contributed by atoms with Crippen molar-refractivity contribution in [2.75, 3.05) is 20.2 Å². The highest BCUT2D eigenvalue weighted by Crippen LogP contribution is 2.22. The van der Waals surface area contributed by atoms with Gasteiger partial charge in [0.05, 0.1) is 13.2 Å². The Morgan fingerprint density at radius 1 is 1.67 bits per heavy atom. The molecule has 0 radical (unpaired) electrons. The van der Waals surface area contributed by atoms with Crippen molar-refractivity contribution >= 4 is 5.78 Å². The summed E-state index contributed by atoms with van der Waals surface area (Å²) in [6.45, 7) is 4.32. The molecule has 0 saturated carbocycles. The van der Waals surface area contributed by atoms with Crippen molar-refractivity contribution in [3.63, 3.8) is 0 Å². The van der Waals surface area contributed by atoms with E-state index in [9.17, 15) is 4.79 Å². The van der Waals surface area contributed by atoms with Crippen molar-refractivity contribution in [1.29, 1.82) is 0 Å². The number of carbonyl (C=O) groups is 1. The van der Waals surface area contributed by atoms with Crippen LogP contribution in [0.1, 0.15) is 13.8 Å². The van der Waals surface area contributed by atoms with Crippen molar-refractivity contribution in [2.24, 2.45) is 0 Å². The van der Waals surface area contributed by atoms with Crippen LogP contribution in [0, 0.1) is 0 Å². The van der Waals surface area contributed by atoms with Crippen molar-refractivity contribution in [3.8, 4) is 0 Å². The molecule has 0 aromatic heterocycles. The zero-order chi connectivity index (χ0) is 9.19. The predicted molar refractivity (Wildman–Crippen MR) is 43.8 cm³/mol. The molecule has 1 N–H and O–H groups in total. The Bertz CT molecular complexity index is 179. The molecule has 4 heteroatoms. The highest BCUT2D eigenvalue weighted by Gasteiger charge is 2.36. The minimum atomic E-state index is -0.603. The zero-order valence-electron chi connectivity index (χ0n) is 7.72. The molecule has 0 aromatic carbocycles. The lowest BCUT2D eigenvalue weighted by molar-refractivity contribution is -0.151. The highest BCUT2D eigenvalue weighted by molar-refractivity contribution is 5.85. The number of hydrogen-bond acceptors (Lipinski definition) is 4. The molecule has 1 saturated heterocycles. The van der Waals surface area contributed by atoms with Crippen LogP contribution in [0.2, 0.25) is 0 Å². The first-order valence-electron chi connectivity index (χ1n) is 4.04. The summed E-state index contributed by atoms with van der Waals surface area (Å²) >= 11 is 0. The molecule has 1 aliphatic heterocycles. The van der Waals surface area contributed by atoms with E-state index in [4.69, 9.17) is 9.47 Å². The van der Waals surface area contributed by atoms with E-state index in [0.717, 1.165) is 0 Å². The van der Waals surface area contributed by atoms with Crippen LogP contribution in [0.5, 0.6) is 0 Å². The molecule has 70 valence electrons. The number of Topliss-reactive ketones (excluding diaryl/α,β-unsaturated/α-hetero) is 1. The predicted octanol–water partition coefficient (Wildman–Crippen LogP) is -0.0736. The van der Waals surface area contributed by atoms with Gasteiger partial charge < -0.3 is 14.8 Å². The van der Waals surface area contributed by atoms with Gasteiger partial charge >= 0.3 is 0 Å². The SMILES string of the molecule is CNCC(=O)C1COC(C)(C)O1. The summed E-state index contributed by atoms with van der Waals surface area (Å²) in [7, 11) is 1.73. The monoisotopic (exact) mass is 173 g/mol. The van der Waals surface area contributed by atoms with Gasteiger partial charge in [-0.15, -0.1) is 0 Å². The maximum atomic E-state index is 11.3. The molecule has 0 aliphatic carbocycles. The molecule has 12 heavy (non-hydrogen) atoms. The van der Waals surface area contributed by atoms with E-state index in [-0.39, 0.29) is 5.78 Å². The first-order valence-corrected chi connectivity index (χ1v) is 4.04. The minimum Gasteiger partial charge on any atom is -0.347 e. The molecule has 0 spiro atoms. The highest BCUT2D eigenvalue weighted by atomic mass is 16.7. The Labute approximate surface area is 72.2 Å². The van der Waals surface area contributed by atoms with Gasteiger partial charge in [-0.2, -0.15) is 0 Å². The number of likely N-dealkylation sites (N-methyl/N-ethyl adjacent to an activating group) is 1. The molecule has 0 aromatic rings. The standard InChI is InChI=1S/C8H15NO3/c1-8(2)11-5-7(12-8)6(10)4-9-3/h7,9H,4-5H2,1-3H3. The summed E-state index contributed by atoms with van der Waals surface area (Å²) in [4.78, 5) is 11.3. The molecular weight excluding hydrogens is 158 g/mol. The normalized spacial score (nSPS) is 27.4. The van der Waals surface area contributed by atoms with E-state index >= 15 is 0 Å². The summed E-state index contributed by atoms with van der Waals surface area (Å²) in [5.41, 5.74) is 0. The number of rotatable bonds is 3. The van der Waals surface area contributed by atoms with E-state index in [1.807, 2.05) is 0 Å². The fourth-order valence-electron chi connectivity index (χ4n) is 1.13. The topological polar surface area (TPSA) is 47.6 Å². The fraction of sp³-hybridized carbons (Fsp3) is 0.875. The molecule has 0 bridgehead atoms. The van der Waals surface area contributed by atoms with Crippen LogP contribution in [0.25, 0.3) is 0 Å². The van der Waals surface area contributed by atoms with Gasteiger partial charge in [0.2, 0.25) is 0 Å². The smallest absolute Gasteiger partial charge is 0.177 e. The number of ketones is 1. The van der Waals surface area contributed by atoms with Crippen LogP contribution in [0.3, 0.4) is 0 Å². The lowest BCUT2D eigenvalue weighted by Gasteiger charge is -2.16. The van der Waals surface area contributed by atoms with E-state index in [1.54, 1.807) is 20.9 Å². The van der Waals surface area contributed by atoms with Gasteiger partial charge in [0.25, 0.3) is 0 Å². The van der Waals surface area contributed by atoms with Gasteiger partial charge in [-0.1, -0.05) is 0 Å². The molecule has 1 heterocycles. The van der Waals surface area contributed by atoms with Crippen LogP contribution in [-0.2, 0) is 14.3 Å². The number of ether oxygens (including phenoxy) is 2. The molecular formula is C8H15NO3. The van der Waals surface area contributed by atoms with Crippen LogP contribution in [0.15, 0.2) is 0 Å². The average Bonchev–Trinajstić information content (AvgIpc) is 2.31. The van der Waals surface area contributed by atoms with Gasteiger partial charge in [-0.25, -0.2) is 0 Å². The summed E-state index contributed by atoms with van der Waals surface area (Å²) < 4.78 is 10.6. The van der Waals surface area contributed by atoms with Crippen molar-refractivity contribution in [1.82, 2.24) is 5.32 Å². The second-order valence-corrected chi connectivity index (χ2v) is 3.31. The molecule has 4 nitrogen and oxygen atoms in total. The van der Waals surface area contributed by atoms with Gasteiger partial charge in [-0.05, 0) is 20.9 Å². The van der Waals surface area contributed by atoms with Crippen LogP contribution in [0.4, 0.5) is 0 Å². The van der Waals surface area contributed by atoms with E-state index in [0.29, 0.717) is 13.2 Å². The third-order valence-electron chi connectivity index (χ3n) is 1.72. The van der Waals surface area contributed by atoms with Crippen LogP contribution < -0.4 is 5.32 Å². The quantitative estimate of drug-likeness (QED) is 0.649. The van der Waals surface area contributed by atoms with Gasteiger partial charge in [0.1, 0.15) is 6.10 Å². The third kappa shape index (κ3) is 2.27. The van der Waals surface area contributed by atoms with Gasteiger partial charge in [0, 0.05) is 0 Å². The Hall–Kier alpha value is -0.450. The molecule has 1 aliphatic rings. The second-order valence-electron chi connectivity index (χ2n) is 3.31. The second kappa shape index (κ2) is 3.51. The Kier molecular flexibility index (Phi) is 2.82. The lowest BCUT2D eigenvalue weighted by atomic mass is 10.2. The molecule has 1 rings (SSSR count). The molecule has 1 atom stereocenters. The van der Waals surface area contributed by atoms with Crippen molar-refractivity contribution < 1.29 is 14.3 Å². The summed E-state index contributed by atoms with van der Waals surface area (Å²) in [6.07, 6.45) is -0.396. The summed E-state index contributed by atoms with van der Waals surface area (Å²) in [5, 5.41) is 2.79. The first-order chi connectivity index (χ1) is 5.55. The molecule has 1 unspecified atom stereocenters. The van der Waals surface area contributed by atoms with E-state index in [1.165, 1.54) is 0 Å². The summed E-state index contributed by atoms with van der Waals surface area (Å²) in [6, 6.07) is 0. The average molecular weight is 173 g/mol. The largest absolute Gasteiger partial charge is 0.347 e. The van der Waals surface area contributed by atoms with Crippen LogP contribution >= 0.6 is 0 Å². The Balaban J connectivity index is 2.41. The maximum Gasteiger partial charge on any atom is 0.177 e. The number of nitrogens with one attached hydrogen (secondary N) is 1. The first kappa shape index (κ1) is 9.64. The minimum absolute atomic E-state index is 0.0445. The van der Waals surface area contributed by atoms with Crippen molar-refractivity contribution in [2.45, 2.75) is 25.7 Å². The molecule has 1 fully saturated rings. The zero-order valence-corrected chi connectivity index (χ0v) is 7.72. The third-order valence-corrected chi connectivity index (χ3v) is 1.72. The van der Waals surface area contributed by atoms with E-state index in [2.05, 4.69) is 5.32 Å². The number of carbonyl (C=O) groups excluding carboxylic acids is 1. The maximum absolute atomic E-state index is 11.3. The van der Waals surface area contributed by atoms with E-state index < -0.39 is 11.9 Å². The van der Waals surface area contributed by atoms with Gasteiger partial charge in [0.15, 0.2) is 11.6 Å². The van der Waals surface area contributed by atoms with Gasteiger partial charge in [-0.3, -0.25) is 4.79 Å². The van der Waals surface area contributed by atoms with Crippen molar-refractivity contribution in [3.05, 3.63) is 0 Å². The fourth-order valence-corrected chi connectivity index (χ4v) is 1.13.